The molecule has 0 aliphatic carbocycles. The van der Waals surface area contributed by atoms with Gasteiger partial charge < -0.3 is 10.3 Å². The summed E-state index contributed by atoms with van der Waals surface area (Å²) in [6.45, 7) is 5.28. The number of hydrogen-bond acceptors (Lipinski definition) is 2. The van der Waals surface area contributed by atoms with Crippen molar-refractivity contribution in [1.82, 2.24) is 20.1 Å². The molecule has 142 valence electrons. The molecule has 0 aliphatic rings. The molecular formula is C23H24N4O. The molecule has 0 spiro atoms. The van der Waals surface area contributed by atoms with Crippen molar-refractivity contribution in [3.63, 3.8) is 0 Å². The van der Waals surface area contributed by atoms with E-state index >= 15 is 0 Å². The van der Waals surface area contributed by atoms with E-state index in [0.717, 1.165) is 40.0 Å². The number of rotatable bonds is 6. The lowest BCUT2D eigenvalue weighted by Crippen LogP contribution is -2.25. The standard InChI is InChI=1S/C23H24N4O/c1-16-21(17(2)27(26-16)15-18-8-4-3-5-9-18)14-25-23(28)12-19-13-24-22-11-7-6-10-20(19)22/h3-11,13,24H,12,14-15H2,1-2H3,(H,25,28). The predicted molar refractivity (Wildman–Crippen MR) is 111 cm³/mol. The van der Waals surface area contributed by atoms with Crippen LogP contribution in [0.2, 0.25) is 0 Å². The first-order valence-electron chi connectivity index (χ1n) is 9.50. The molecule has 0 aliphatic heterocycles. The third-order valence-electron chi connectivity index (χ3n) is 5.19. The van der Waals surface area contributed by atoms with Crippen LogP contribution in [0.15, 0.2) is 60.8 Å². The van der Waals surface area contributed by atoms with Gasteiger partial charge in [0.05, 0.1) is 18.7 Å². The van der Waals surface area contributed by atoms with Crippen LogP contribution in [0, 0.1) is 13.8 Å². The van der Waals surface area contributed by atoms with Crippen LogP contribution < -0.4 is 5.32 Å². The molecule has 28 heavy (non-hydrogen) atoms. The first-order valence-corrected chi connectivity index (χ1v) is 9.50. The lowest BCUT2D eigenvalue weighted by Gasteiger charge is -2.07. The molecular weight excluding hydrogens is 348 g/mol. The number of carbonyl (C=O) groups excluding carboxylic acids is 1. The van der Waals surface area contributed by atoms with Crippen LogP contribution in [0.3, 0.4) is 0 Å². The summed E-state index contributed by atoms with van der Waals surface area (Å²) in [5.41, 5.74) is 6.42. The van der Waals surface area contributed by atoms with Crippen molar-refractivity contribution in [2.45, 2.75) is 33.4 Å². The molecule has 2 N–H and O–H groups in total. The van der Waals surface area contributed by atoms with Crippen molar-refractivity contribution >= 4 is 16.8 Å². The van der Waals surface area contributed by atoms with E-state index in [9.17, 15) is 4.79 Å². The van der Waals surface area contributed by atoms with Gasteiger partial charge in [-0.05, 0) is 31.0 Å². The summed E-state index contributed by atoms with van der Waals surface area (Å²) in [6.07, 6.45) is 2.28. The van der Waals surface area contributed by atoms with Crippen LogP contribution in [0.25, 0.3) is 10.9 Å². The van der Waals surface area contributed by atoms with Gasteiger partial charge in [-0.1, -0.05) is 48.5 Å². The maximum atomic E-state index is 12.5. The molecule has 2 heterocycles. The minimum absolute atomic E-state index is 0.0133. The van der Waals surface area contributed by atoms with Crippen LogP contribution in [0.1, 0.15) is 28.1 Å². The molecule has 0 bridgehead atoms. The van der Waals surface area contributed by atoms with Gasteiger partial charge in [-0.25, -0.2) is 0 Å². The number of hydrogen-bond donors (Lipinski definition) is 2. The second-order valence-electron chi connectivity index (χ2n) is 7.11. The molecule has 0 unspecified atom stereocenters. The van der Waals surface area contributed by atoms with Crippen molar-refractivity contribution in [2.24, 2.45) is 0 Å². The second-order valence-corrected chi connectivity index (χ2v) is 7.11. The molecule has 4 aromatic rings. The minimum atomic E-state index is 0.0133. The lowest BCUT2D eigenvalue weighted by atomic mass is 10.1. The number of nitrogens with one attached hydrogen (secondary N) is 2. The van der Waals surface area contributed by atoms with Gasteiger partial charge in [0.1, 0.15) is 0 Å². The number of fused-ring (bicyclic) bond motifs is 1. The van der Waals surface area contributed by atoms with Crippen molar-refractivity contribution in [2.75, 3.05) is 0 Å². The zero-order valence-corrected chi connectivity index (χ0v) is 16.2. The van der Waals surface area contributed by atoms with Crippen molar-refractivity contribution in [3.8, 4) is 0 Å². The zero-order valence-electron chi connectivity index (χ0n) is 16.2. The second kappa shape index (κ2) is 7.72. The van der Waals surface area contributed by atoms with Crippen molar-refractivity contribution in [1.29, 1.82) is 0 Å². The number of carbonyl (C=O) groups is 1. The number of aromatic nitrogens is 3. The Bertz CT molecular complexity index is 1110. The number of nitrogens with zero attached hydrogens (tertiary/aromatic N) is 2. The summed E-state index contributed by atoms with van der Waals surface area (Å²) in [6, 6.07) is 18.3. The summed E-state index contributed by atoms with van der Waals surface area (Å²) in [5, 5.41) is 8.81. The SMILES string of the molecule is Cc1nn(Cc2ccccc2)c(C)c1CNC(=O)Cc1c[nH]c2ccccc12. The van der Waals surface area contributed by atoms with Gasteiger partial charge in [0.2, 0.25) is 5.91 Å². The Hall–Kier alpha value is -3.34. The van der Waals surface area contributed by atoms with E-state index in [-0.39, 0.29) is 5.91 Å². The highest BCUT2D eigenvalue weighted by Crippen LogP contribution is 2.18. The highest BCUT2D eigenvalue weighted by atomic mass is 16.1. The highest BCUT2D eigenvalue weighted by Gasteiger charge is 2.14. The summed E-state index contributed by atoms with van der Waals surface area (Å²) in [5.74, 6) is 0.0133. The van der Waals surface area contributed by atoms with Crippen molar-refractivity contribution in [3.05, 3.63) is 88.9 Å². The number of aromatic amines is 1. The molecule has 0 radical (unpaired) electrons. The Kier molecular flexibility index (Phi) is 4.98. The van der Waals surface area contributed by atoms with E-state index in [1.54, 1.807) is 0 Å². The maximum absolute atomic E-state index is 12.5. The fourth-order valence-corrected chi connectivity index (χ4v) is 3.60. The maximum Gasteiger partial charge on any atom is 0.224 e. The first-order chi connectivity index (χ1) is 13.6. The molecule has 4 rings (SSSR count). The normalized spacial score (nSPS) is 11.1. The summed E-state index contributed by atoms with van der Waals surface area (Å²) in [4.78, 5) is 15.7. The summed E-state index contributed by atoms with van der Waals surface area (Å²) < 4.78 is 2.01. The van der Waals surface area contributed by atoms with Gasteiger partial charge in [0.25, 0.3) is 0 Å². The quantitative estimate of drug-likeness (QED) is 0.539. The van der Waals surface area contributed by atoms with Crippen molar-refractivity contribution < 1.29 is 4.79 Å². The number of H-pyrrole nitrogens is 1. The average Bonchev–Trinajstić information content (AvgIpc) is 3.22. The number of para-hydroxylation sites is 1. The number of aryl methyl sites for hydroxylation is 1. The molecule has 0 saturated heterocycles. The number of amides is 1. The number of benzene rings is 2. The van der Waals surface area contributed by atoms with E-state index < -0.39 is 0 Å². The first kappa shape index (κ1) is 18.0. The summed E-state index contributed by atoms with van der Waals surface area (Å²) >= 11 is 0. The third-order valence-corrected chi connectivity index (χ3v) is 5.19. The van der Waals surface area contributed by atoms with Gasteiger partial charge in [-0.15, -0.1) is 0 Å². The zero-order chi connectivity index (χ0) is 19.5. The third kappa shape index (κ3) is 3.69. The van der Waals surface area contributed by atoms with E-state index in [4.69, 9.17) is 0 Å². The molecule has 0 fully saturated rings. The van der Waals surface area contributed by atoms with Crippen LogP contribution >= 0.6 is 0 Å². The predicted octanol–water partition coefficient (Wildman–Crippen LogP) is 3.89. The molecule has 5 nitrogen and oxygen atoms in total. The monoisotopic (exact) mass is 372 g/mol. The fraction of sp³-hybridized carbons (Fsp3) is 0.217. The molecule has 0 saturated carbocycles. The summed E-state index contributed by atoms with van der Waals surface area (Å²) in [7, 11) is 0. The Balaban J connectivity index is 1.42. The minimum Gasteiger partial charge on any atom is -0.361 e. The van der Waals surface area contributed by atoms with Gasteiger partial charge in [0, 0.05) is 34.9 Å². The Morgan fingerprint density at radius 3 is 2.64 bits per heavy atom. The van der Waals surface area contributed by atoms with Crippen LogP contribution in [-0.2, 0) is 24.3 Å². The van der Waals surface area contributed by atoms with Crippen LogP contribution in [0.4, 0.5) is 0 Å². The molecule has 0 atom stereocenters. The molecule has 5 heteroatoms. The Labute approximate surface area is 164 Å². The lowest BCUT2D eigenvalue weighted by molar-refractivity contribution is -0.120. The Morgan fingerprint density at radius 2 is 1.82 bits per heavy atom. The van der Waals surface area contributed by atoms with E-state index in [0.29, 0.717) is 13.0 Å². The van der Waals surface area contributed by atoms with Gasteiger partial charge in [-0.2, -0.15) is 5.10 Å². The largest absolute Gasteiger partial charge is 0.361 e. The topological polar surface area (TPSA) is 62.7 Å². The molecule has 2 aromatic carbocycles. The van der Waals surface area contributed by atoms with Crippen LogP contribution in [-0.4, -0.2) is 20.7 Å². The Morgan fingerprint density at radius 1 is 1.07 bits per heavy atom. The van der Waals surface area contributed by atoms with Crippen LogP contribution in [0.5, 0.6) is 0 Å². The smallest absolute Gasteiger partial charge is 0.224 e. The highest BCUT2D eigenvalue weighted by molar-refractivity contribution is 5.88. The molecule has 1 amide bonds. The van der Waals surface area contributed by atoms with E-state index in [1.807, 2.05) is 60.3 Å². The van der Waals surface area contributed by atoms with Gasteiger partial charge in [-0.3, -0.25) is 9.48 Å². The fourth-order valence-electron chi connectivity index (χ4n) is 3.60. The van der Waals surface area contributed by atoms with Gasteiger partial charge in [0.15, 0.2) is 0 Å². The average molecular weight is 372 g/mol. The van der Waals surface area contributed by atoms with Gasteiger partial charge >= 0.3 is 0 Å². The molecule has 2 aromatic heterocycles. The van der Waals surface area contributed by atoms with E-state index in [1.165, 1.54) is 5.56 Å². The van der Waals surface area contributed by atoms with E-state index in [2.05, 4.69) is 34.5 Å².